The van der Waals surface area contributed by atoms with Crippen molar-refractivity contribution in [2.45, 2.75) is 12.8 Å². The number of rotatable bonds is 2. The van der Waals surface area contributed by atoms with Gasteiger partial charge in [0.05, 0.1) is 5.92 Å². The van der Waals surface area contributed by atoms with E-state index < -0.39 is 17.3 Å². The lowest BCUT2D eigenvalue weighted by molar-refractivity contribution is -0.139. The lowest BCUT2D eigenvalue weighted by Crippen LogP contribution is -2.34. The van der Waals surface area contributed by atoms with Crippen molar-refractivity contribution < 1.29 is 17.7 Å². The summed E-state index contributed by atoms with van der Waals surface area (Å²) in [5.74, 6) is -0.777. The van der Waals surface area contributed by atoms with Gasteiger partial charge in [-0.15, -0.1) is 0 Å². The molecule has 0 amide bonds. The van der Waals surface area contributed by atoms with Gasteiger partial charge in [-0.05, 0) is 33.0 Å². The number of hydrogen-bond acceptors (Lipinski definition) is 4. The van der Waals surface area contributed by atoms with Gasteiger partial charge in [0.2, 0.25) is 0 Å². The van der Waals surface area contributed by atoms with E-state index in [1.807, 2.05) is 7.05 Å². The van der Waals surface area contributed by atoms with Crippen LogP contribution in [-0.4, -0.2) is 39.8 Å². The van der Waals surface area contributed by atoms with Crippen molar-refractivity contribution in [3.63, 3.8) is 0 Å². The van der Waals surface area contributed by atoms with Crippen LogP contribution in [0.2, 0.25) is 0 Å². The van der Waals surface area contributed by atoms with Gasteiger partial charge in [-0.25, -0.2) is 0 Å². The maximum Gasteiger partial charge on any atom is 0.360 e. The van der Waals surface area contributed by atoms with Crippen LogP contribution in [0.1, 0.15) is 12.8 Å². The second kappa shape index (κ2) is 4.69. The molecule has 5 nitrogen and oxygen atoms in total. The van der Waals surface area contributed by atoms with Gasteiger partial charge in [0, 0.05) is 0 Å². The molecule has 76 valence electrons. The minimum absolute atomic E-state index is 0.215. The maximum atomic E-state index is 11.1. The zero-order valence-electron chi connectivity index (χ0n) is 7.43. The third-order valence-corrected chi connectivity index (χ3v) is 2.51. The topological polar surface area (TPSA) is 66.8 Å². The van der Waals surface area contributed by atoms with Gasteiger partial charge in [0.15, 0.2) is 0 Å². The Morgan fingerprint density at radius 3 is 2.54 bits per heavy atom. The molecule has 1 aliphatic heterocycles. The van der Waals surface area contributed by atoms with Crippen LogP contribution in [0.3, 0.4) is 0 Å². The van der Waals surface area contributed by atoms with Crippen LogP contribution >= 0.6 is 0 Å². The van der Waals surface area contributed by atoms with E-state index in [2.05, 4.69) is 9.08 Å². The quantitative estimate of drug-likeness (QED) is 0.646. The molecule has 1 heterocycles. The van der Waals surface area contributed by atoms with Crippen molar-refractivity contribution in [2.24, 2.45) is 5.92 Å². The molecule has 13 heavy (non-hydrogen) atoms. The van der Waals surface area contributed by atoms with Gasteiger partial charge in [0.25, 0.3) is 0 Å². The van der Waals surface area contributed by atoms with E-state index in [0.29, 0.717) is 12.8 Å². The SMILES string of the molecule is CN1CCC(C(=O)OS(=O)O)CC1. The summed E-state index contributed by atoms with van der Waals surface area (Å²) in [6.45, 7) is 1.66. The zero-order chi connectivity index (χ0) is 9.84. The zero-order valence-corrected chi connectivity index (χ0v) is 8.25. The summed E-state index contributed by atoms with van der Waals surface area (Å²) in [4.78, 5) is 13.2. The van der Waals surface area contributed by atoms with Crippen molar-refractivity contribution in [1.29, 1.82) is 0 Å². The van der Waals surface area contributed by atoms with Gasteiger partial charge in [-0.2, -0.15) is 4.21 Å². The highest BCUT2D eigenvalue weighted by Gasteiger charge is 2.25. The van der Waals surface area contributed by atoms with Gasteiger partial charge in [-0.3, -0.25) is 9.35 Å². The molecule has 0 saturated carbocycles. The highest BCUT2D eigenvalue weighted by molar-refractivity contribution is 7.74. The Morgan fingerprint density at radius 1 is 1.54 bits per heavy atom. The fraction of sp³-hybridized carbons (Fsp3) is 0.857. The van der Waals surface area contributed by atoms with Crippen molar-refractivity contribution in [3.8, 4) is 0 Å². The summed E-state index contributed by atoms with van der Waals surface area (Å²) in [5.41, 5.74) is 0. The normalized spacial score (nSPS) is 22.6. The summed E-state index contributed by atoms with van der Waals surface area (Å²) >= 11 is -2.47. The number of hydrogen-bond donors (Lipinski definition) is 1. The van der Waals surface area contributed by atoms with Crippen LogP contribution in [-0.2, 0) is 20.3 Å². The predicted molar refractivity (Wildman–Crippen MR) is 47.1 cm³/mol. The molecule has 6 heteroatoms. The lowest BCUT2D eigenvalue weighted by Gasteiger charge is -2.26. The molecule has 0 aromatic heterocycles. The minimum Gasteiger partial charge on any atom is -0.343 e. The first-order valence-corrected chi connectivity index (χ1v) is 5.14. The average Bonchev–Trinajstić information content (AvgIpc) is 2.04. The van der Waals surface area contributed by atoms with E-state index in [1.54, 1.807) is 0 Å². The van der Waals surface area contributed by atoms with Crippen molar-refractivity contribution in [1.82, 2.24) is 4.90 Å². The molecule has 1 N–H and O–H groups in total. The van der Waals surface area contributed by atoms with Crippen LogP contribution in [0, 0.1) is 5.92 Å². The maximum absolute atomic E-state index is 11.1. The fourth-order valence-electron chi connectivity index (χ4n) is 1.38. The second-order valence-corrected chi connectivity index (χ2v) is 3.80. The number of piperidine rings is 1. The van der Waals surface area contributed by atoms with E-state index in [4.69, 9.17) is 4.55 Å². The van der Waals surface area contributed by atoms with Gasteiger partial charge < -0.3 is 9.08 Å². The van der Waals surface area contributed by atoms with E-state index in [0.717, 1.165) is 13.1 Å². The predicted octanol–water partition coefficient (Wildman–Crippen LogP) is 0.00810. The number of carbonyl (C=O) groups excluding carboxylic acids is 1. The third kappa shape index (κ3) is 3.41. The Bertz CT molecular complexity index is 213. The molecule has 1 saturated heterocycles. The monoisotopic (exact) mass is 207 g/mol. The lowest BCUT2D eigenvalue weighted by atomic mass is 9.98. The molecule has 0 aromatic rings. The second-order valence-electron chi connectivity index (χ2n) is 3.20. The molecular weight excluding hydrogens is 194 g/mol. The Morgan fingerprint density at radius 2 is 2.08 bits per heavy atom. The Kier molecular flexibility index (Phi) is 3.83. The molecule has 0 bridgehead atoms. The molecule has 0 spiro atoms. The standard InChI is InChI=1S/C7H13NO4S/c1-8-4-2-6(3-5-8)7(9)12-13(10)11/h6H,2-5H2,1H3,(H,10,11). The molecule has 0 aromatic carbocycles. The van der Waals surface area contributed by atoms with E-state index >= 15 is 0 Å². The van der Waals surface area contributed by atoms with Crippen molar-refractivity contribution in [3.05, 3.63) is 0 Å². The molecule has 1 atom stereocenters. The van der Waals surface area contributed by atoms with Crippen LogP contribution < -0.4 is 0 Å². The van der Waals surface area contributed by atoms with Gasteiger partial charge >= 0.3 is 17.3 Å². The number of carbonyl (C=O) groups is 1. The van der Waals surface area contributed by atoms with Crippen LogP contribution in [0.15, 0.2) is 0 Å². The van der Waals surface area contributed by atoms with Gasteiger partial charge in [-0.1, -0.05) is 0 Å². The van der Waals surface area contributed by atoms with Crippen LogP contribution in [0.5, 0.6) is 0 Å². The Labute approximate surface area is 79.5 Å². The first kappa shape index (κ1) is 10.6. The van der Waals surface area contributed by atoms with Crippen molar-refractivity contribution in [2.75, 3.05) is 20.1 Å². The highest BCUT2D eigenvalue weighted by atomic mass is 32.2. The first-order chi connectivity index (χ1) is 6.09. The van der Waals surface area contributed by atoms with Gasteiger partial charge in [0.1, 0.15) is 0 Å². The Hall–Kier alpha value is -0.460. The van der Waals surface area contributed by atoms with Crippen LogP contribution in [0.4, 0.5) is 0 Å². The minimum atomic E-state index is -2.47. The Balaban J connectivity index is 2.36. The molecule has 0 aliphatic carbocycles. The fourth-order valence-corrected chi connectivity index (χ4v) is 1.66. The molecule has 1 unspecified atom stereocenters. The van der Waals surface area contributed by atoms with Crippen LogP contribution in [0.25, 0.3) is 0 Å². The largest absolute Gasteiger partial charge is 0.360 e. The average molecular weight is 207 g/mol. The number of nitrogens with zero attached hydrogens (tertiary/aromatic N) is 1. The molecule has 0 radical (unpaired) electrons. The summed E-state index contributed by atoms with van der Waals surface area (Å²) in [6, 6.07) is 0. The third-order valence-electron chi connectivity index (χ3n) is 2.21. The smallest absolute Gasteiger partial charge is 0.343 e. The van der Waals surface area contributed by atoms with E-state index in [9.17, 15) is 9.00 Å². The highest BCUT2D eigenvalue weighted by Crippen LogP contribution is 2.17. The molecule has 1 aliphatic rings. The number of likely N-dealkylation sites (tertiary alicyclic amines) is 1. The summed E-state index contributed by atoms with van der Waals surface area (Å²) in [6.07, 6.45) is 1.40. The summed E-state index contributed by atoms with van der Waals surface area (Å²) in [7, 11) is 1.98. The van der Waals surface area contributed by atoms with E-state index in [-0.39, 0.29) is 5.92 Å². The first-order valence-electron chi connectivity index (χ1n) is 4.11. The summed E-state index contributed by atoms with van der Waals surface area (Å²) < 4.78 is 22.7. The summed E-state index contributed by atoms with van der Waals surface area (Å²) in [5, 5.41) is 0. The molecule has 1 fully saturated rings. The van der Waals surface area contributed by atoms with Crippen molar-refractivity contribution >= 4 is 17.3 Å². The van der Waals surface area contributed by atoms with E-state index in [1.165, 1.54) is 0 Å². The molecule has 1 rings (SSSR count). The molecular formula is C7H13NO4S.